The van der Waals surface area contributed by atoms with E-state index in [1.54, 1.807) is 0 Å². The summed E-state index contributed by atoms with van der Waals surface area (Å²) in [6.45, 7) is 2.48. The van der Waals surface area contributed by atoms with Gasteiger partial charge in [0, 0.05) is 0 Å². The highest BCUT2D eigenvalue weighted by atomic mass is 127. The van der Waals surface area contributed by atoms with Crippen molar-refractivity contribution in [1.29, 1.82) is 5.41 Å². The zero-order chi connectivity index (χ0) is 24.5. The van der Waals surface area contributed by atoms with Crippen molar-refractivity contribution in [1.82, 2.24) is 10.2 Å². The van der Waals surface area contributed by atoms with E-state index < -0.39 is 5.92 Å². The number of hydrogen-bond acceptors (Lipinski definition) is 7. The van der Waals surface area contributed by atoms with E-state index in [4.69, 9.17) is 10.1 Å². The van der Waals surface area contributed by atoms with Crippen molar-refractivity contribution < 1.29 is 9.53 Å². The number of carbonyl (C=O) groups excluding carboxylic acids is 1. The summed E-state index contributed by atoms with van der Waals surface area (Å²) < 4.78 is 8.20. The van der Waals surface area contributed by atoms with Gasteiger partial charge < -0.3 is 4.74 Å². The zero-order valence-corrected chi connectivity index (χ0v) is 24.5. The SMILES string of the molecule is CCc1nnc([C@H]2C(=N)S/C(=C\c3cc(I)c(OCc4cccc5ccccc45)c(I)c3)C2=O)s1. The van der Waals surface area contributed by atoms with Crippen LogP contribution in [0.25, 0.3) is 16.8 Å². The number of nitrogens with one attached hydrogen (secondary N) is 1. The van der Waals surface area contributed by atoms with Crippen LogP contribution in [-0.2, 0) is 17.8 Å². The van der Waals surface area contributed by atoms with E-state index in [0.717, 1.165) is 35.4 Å². The number of fused-ring (bicyclic) bond motifs is 1. The maximum Gasteiger partial charge on any atom is 0.186 e. The van der Waals surface area contributed by atoms with Crippen LogP contribution in [0.1, 0.15) is 34.0 Å². The molecule has 0 amide bonds. The lowest BCUT2D eigenvalue weighted by molar-refractivity contribution is -0.114. The second kappa shape index (κ2) is 10.7. The summed E-state index contributed by atoms with van der Waals surface area (Å²) in [6.07, 6.45) is 2.63. The number of carbonyl (C=O) groups is 1. The lowest BCUT2D eigenvalue weighted by Gasteiger charge is -2.13. The number of aryl methyl sites for hydroxylation is 1. The highest BCUT2D eigenvalue weighted by Crippen LogP contribution is 2.42. The van der Waals surface area contributed by atoms with E-state index in [2.05, 4.69) is 85.7 Å². The summed E-state index contributed by atoms with van der Waals surface area (Å²) in [5.41, 5.74) is 2.05. The summed E-state index contributed by atoms with van der Waals surface area (Å²) in [5, 5.41) is 20.8. The van der Waals surface area contributed by atoms with Gasteiger partial charge in [0.25, 0.3) is 0 Å². The molecule has 0 spiro atoms. The van der Waals surface area contributed by atoms with Gasteiger partial charge in [0.1, 0.15) is 28.3 Å². The highest BCUT2D eigenvalue weighted by Gasteiger charge is 2.39. The van der Waals surface area contributed by atoms with Crippen LogP contribution in [0.5, 0.6) is 5.75 Å². The lowest BCUT2D eigenvalue weighted by atomic mass is 10.0. The standard InChI is InChI=1S/C26H19I2N3O2S2/c1-2-21-30-31-26(35-21)22-23(32)20(34-25(22)29)12-14-10-18(27)24(19(28)11-14)33-13-16-8-5-7-15-6-3-4-9-17(15)16/h3-12,22,29H,2,13H2,1H3/b20-12-,29-25?/t22-/m1/s1. The molecule has 0 bridgehead atoms. The van der Waals surface area contributed by atoms with E-state index in [-0.39, 0.29) is 5.78 Å². The number of rotatable bonds is 6. The normalized spacial score (nSPS) is 17.0. The third-order valence-electron chi connectivity index (χ3n) is 5.59. The lowest BCUT2D eigenvalue weighted by Crippen LogP contribution is -2.11. The Bertz CT molecular complexity index is 1470. The molecule has 1 N–H and O–H groups in total. The molecule has 5 rings (SSSR count). The number of aromatic nitrogens is 2. The molecule has 1 fully saturated rings. The van der Waals surface area contributed by atoms with E-state index in [1.807, 2.05) is 37.3 Å². The predicted molar refractivity (Wildman–Crippen MR) is 160 cm³/mol. The number of ketones is 1. The Balaban J connectivity index is 1.36. The predicted octanol–water partition coefficient (Wildman–Crippen LogP) is 7.46. The van der Waals surface area contributed by atoms with Crippen molar-refractivity contribution in [2.75, 3.05) is 0 Å². The number of thioether (sulfide) groups is 1. The van der Waals surface area contributed by atoms with Gasteiger partial charge in [-0.1, -0.05) is 61.2 Å². The van der Waals surface area contributed by atoms with E-state index in [0.29, 0.717) is 21.6 Å². The van der Waals surface area contributed by atoms with Crippen LogP contribution in [0, 0.1) is 12.5 Å². The monoisotopic (exact) mass is 723 g/mol. The molecule has 1 aliphatic heterocycles. The number of hydrogen-bond donors (Lipinski definition) is 1. The molecule has 4 aromatic rings. The Hall–Kier alpha value is -1.83. The van der Waals surface area contributed by atoms with Crippen LogP contribution in [0.2, 0.25) is 0 Å². The van der Waals surface area contributed by atoms with E-state index >= 15 is 0 Å². The molecular formula is C26H19I2N3O2S2. The summed E-state index contributed by atoms with van der Waals surface area (Å²) in [7, 11) is 0. The van der Waals surface area contributed by atoms with Gasteiger partial charge in [-0.15, -0.1) is 21.5 Å². The topological polar surface area (TPSA) is 75.9 Å². The number of benzene rings is 3. The molecule has 3 aromatic carbocycles. The first-order valence-corrected chi connectivity index (χ1v) is 14.7. The molecule has 1 aliphatic rings. The Morgan fingerprint density at radius 3 is 2.57 bits per heavy atom. The first-order valence-electron chi connectivity index (χ1n) is 10.9. The Morgan fingerprint density at radius 1 is 1.09 bits per heavy atom. The summed E-state index contributed by atoms with van der Waals surface area (Å²) in [4.78, 5) is 13.7. The number of Topliss-reactive ketones (excluding diaryl/α,β-unsaturated/α-hetero) is 1. The number of ether oxygens (including phenoxy) is 1. The van der Waals surface area contributed by atoms with Gasteiger partial charge in [-0.2, -0.15) is 0 Å². The molecule has 1 saturated heterocycles. The highest BCUT2D eigenvalue weighted by molar-refractivity contribution is 14.1. The number of halogens is 2. The van der Waals surface area contributed by atoms with Crippen LogP contribution in [0.3, 0.4) is 0 Å². The average Bonchev–Trinajstić information content (AvgIpc) is 3.42. The minimum atomic E-state index is -0.634. The fourth-order valence-electron chi connectivity index (χ4n) is 3.86. The molecule has 5 nitrogen and oxygen atoms in total. The molecular weight excluding hydrogens is 704 g/mol. The van der Waals surface area contributed by atoms with Gasteiger partial charge in [-0.05, 0) is 91.7 Å². The van der Waals surface area contributed by atoms with Gasteiger partial charge in [0.2, 0.25) is 0 Å². The summed E-state index contributed by atoms with van der Waals surface area (Å²) >= 11 is 7.18. The minimum Gasteiger partial charge on any atom is -0.487 e. The fourth-order valence-corrected chi connectivity index (χ4v) is 7.94. The molecule has 35 heavy (non-hydrogen) atoms. The molecule has 0 aliphatic carbocycles. The average molecular weight is 723 g/mol. The fraction of sp³-hybridized carbons (Fsp3) is 0.154. The van der Waals surface area contributed by atoms with Crippen molar-refractivity contribution in [3.05, 3.63) is 87.8 Å². The van der Waals surface area contributed by atoms with Crippen LogP contribution >= 0.6 is 68.3 Å². The Labute approximate surface area is 238 Å². The second-order valence-corrected chi connectivity index (χ2v) is 12.4. The Morgan fingerprint density at radius 2 is 1.83 bits per heavy atom. The quantitative estimate of drug-likeness (QED) is 0.165. The zero-order valence-electron chi connectivity index (χ0n) is 18.5. The molecule has 176 valence electrons. The largest absolute Gasteiger partial charge is 0.487 e. The van der Waals surface area contributed by atoms with E-state index in [1.165, 1.54) is 33.9 Å². The van der Waals surface area contributed by atoms with Gasteiger partial charge in [-0.3, -0.25) is 10.2 Å². The molecule has 9 heteroatoms. The van der Waals surface area contributed by atoms with Gasteiger partial charge in [0.15, 0.2) is 5.78 Å². The molecule has 0 saturated carbocycles. The van der Waals surface area contributed by atoms with Crippen molar-refractivity contribution in [3.8, 4) is 5.75 Å². The van der Waals surface area contributed by atoms with Crippen molar-refractivity contribution in [2.24, 2.45) is 0 Å². The van der Waals surface area contributed by atoms with Gasteiger partial charge in [-0.25, -0.2) is 0 Å². The van der Waals surface area contributed by atoms with Crippen LogP contribution in [-0.4, -0.2) is 21.0 Å². The maximum atomic E-state index is 13.1. The maximum absolute atomic E-state index is 13.1. The molecule has 1 aromatic heterocycles. The molecule has 1 atom stereocenters. The van der Waals surface area contributed by atoms with Crippen molar-refractivity contribution in [3.63, 3.8) is 0 Å². The number of nitrogens with zero attached hydrogens (tertiary/aromatic N) is 2. The van der Waals surface area contributed by atoms with Crippen LogP contribution in [0.4, 0.5) is 0 Å². The summed E-state index contributed by atoms with van der Waals surface area (Å²) in [6, 6.07) is 18.6. The smallest absolute Gasteiger partial charge is 0.186 e. The second-order valence-electron chi connectivity index (χ2n) is 7.90. The van der Waals surface area contributed by atoms with Crippen molar-refractivity contribution in [2.45, 2.75) is 25.9 Å². The first kappa shape index (κ1) is 24.8. The third kappa shape index (κ3) is 5.18. The number of allylic oxidation sites excluding steroid dienone is 1. The summed E-state index contributed by atoms with van der Waals surface area (Å²) in [5.74, 6) is 0.115. The molecule has 2 heterocycles. The van der Waals surface area contributed by atoms with Gasteiger partial charge >= 0.3 is 0 Å². The Kier molecular flexibility index (Phi) is 7.56. The van der Waals surface area contributed by atoms with E-state index in [9.17, 15) is 4.79 Å². The first-order chi connectivity index (χ1) is 16.9. The van der Waals surface area contributed by atoms with Gasteiger partial charge in [0.05, 0.1) is 17.1 Å². The minimum absolute atomic E-state index is 0.0832. The molecule has 0 radical (unpaired) electrons. The molecule has 0 unspecified atom stereocenters. The third-order valence-corrected chi connectivity index (χ3v) is 9.32. The van der Waals surface area contributed by atoms with Crippen LogP contribution in [0.15, 0.2) is 59.5 Å². The van der Waals surface area contributed by atoms with Crippen LogP contribution < -0.4 is 4.74 Å². The van der Waals surface area contributed by atoms with Crippen molar-refractivity contribution >= 4 is 96.0 Å².